The maximum Gasteiger partial charge on any atom is 0.263 e. The van der Waals surface area contributed by atoms with Crippen LogP contribution in [-0.4, -0.2) is 13.0 Å². The van der Waals surface area contributed by atoms with Gasteiger partial charge in [0.15, 0.2) is 0 Å². The van der Waals surface area contributed by atoms with E-state index in [1.54, 1.807) is 24.4 Å². The quantitative estimate of drug-likeness (QED) is 0.860. The molecule has 1 aromatic carbocycles. The molecule has 2 rings (SSSR count). The summed E-state index contributed by atoms with van der Waals surface area (Å²) in [7, 11) is -3.59. The van der Waals surface area contributed by atoms with Crippen LogP contribution < -0.4 is 10.5 Å². The Morgan fingerprint density at radius 3 is 2.62 bits per heavy atom. The first-order valence-corrected chi connectivity index (χ1v) is 8.44. The number of aromatic nitrogens is 1. The second kappa shape index (κ2) is 6.32. The normalized spacial score (nSPS) is 11.6. The van der Waals surface area contributed by atoms with Gasteiger partial charge in [0.1, 0.15) is 4.90 Å². The molecular formula is C15H21N3O2S. The van der Waals surface area contributed by atoms with Crippen molar-refractivity contribution in [1.29, 1.82) is 0 Å². The molecule has 0 radical (unpaired) electrons. The second-order valence-electron chi connectivity index (χ2n) is 4.99. The van der Waals surface area contributed by atoms with E-state index in [0.29, 0.717) is 12.2 Å². The molecule has 1 aromatic heterocycles. The molecule has 3 N–H and O–H groups in total. The Labute approximate surface area is 125 Å². The van der Waals surface area contributed by atoms with Crippen LogP contribution >= 0.6 is 0 Å². The smallest absolute Gasteiger partial charge is 0.263 e. The number of nitrogens with one attached hydrogen (secondary N) is 1. The third-order valence-electron chi connectivity index (χ3n) is 3.33. The van der Waals surface area contributed by atoms with Gasteiger partial charge in [-0.2, -0.15) is 0 Å². The predicted octanol–water partition coefficient (Wildman–Crippen LogP) is 2.47. The third kappa shape index (κ3) is 3.46. The Morgan fingerprint density at radius 2 is 2.00 bits per heavy atom. The van der Waals surface area contributed by atoms with Crippen LogP contribution in [0.5, 0.6) is 0 Å². The zero-order chi connectivity index (χ0) is 15.5. The number of hydrogen-bond acceptors (Lipinski definition) is 3. The van der Waals surface area contributed by atoms with Crippen molar-refractivity contribution in [2.24, 2.45) is 5.73 Å². The molecule has 1 heterocycles. The summed E-state index contributed by atoms with van der Waals surface area (Å²) in [6.45, 7) is 4.98. The molecule has 2 aromatic rings. The SMILES string of the molecule is CCCn1cc(S(=O)(=O)Nc2ccccc2C)cc1CN. The van der Waals surface area contributed by atoms with Crippen LogP contribution in [0.15, 0.2) is 41.4 Å². The summed E-state index contributed by atoms with van der Waals surface area (Å²) in [6, 6.07) is 8.93. The van der Waals surface area contributed by atoms with Crippen molar-refractivity contribution in [3.63, 3.8) is 0 Å². The fourth-order valence-corrected chi connectivity index (χ4v) is 3.38. The lowest BCUT2D eigenvalue weighted by molar-refractivity contribution is 0.600. The molecular weight excluding hydrogens is 286 g/mol. The lowest BCUT2D eigenvalue weighted by atomic mass is 10.2. The molecule has 0 amide bonds. The van der Waals surface area contributed by atoms with Crippen molar-refractivity contribution in [1.82, 2.24) is 4.57 Å². The number of para-hydroxylation sites is 1. The Balaban J connectivity index is 2.34. The number of nitrogens with two attached hydrogens (primary N) is 1. The molecule has 0 spiro atoms. The van der Waals surface area contributed by atoms with E-state index in [2.05, 4.69) is 4.72 Å². The molecule has 0 unspecified atom stereocenters. The Hall–Kier alpha value is -1.79. The van der Waals surface area contributed by atoms with Gasteiger partial charge >= 0.3 is 0 Å². The van der Waals surface area contributed by atoms with E-state index < -0.39 is 10.0 Å². The van der Waals surface area contributed by atoms with Gasteiger partial charge in [0.2, 0.25) is 0 Å². The van der Waals surface area contributed by atoms with Crippen LogP contribution in [0.3, 0.4) is 0 Å². The zero-order valence-corrected chi connectivity index (χ0v) is 13.2. The second-order valence-corrected chi connectivity index (χ2v) is 6.67. The van der Waals surface area contributed by atoms with Crippen molar-refractivity contribution < 1.29 is 8.42 Å². The van der Waals surface area contributed by atoms with Gasteiger partial charge in [0.05, 0.1) is 5.69 Å². The molecule has 0 saturated heterocycles. The number of aryl methyl sites for hydroxylation is 2. The van der Waals surface area contributed by atoms with Gasteiger partial charge in [-0.05, 0) is 31.0 Å². The summed E-state index contributed by atoms with van der Waals surface area (Å²) >= 11 is 0. The van der Waals surface area contributed by atoms with Gasteiger partial charge in [-0.25, -0.2) is 8.42 Å². The van der Waals surface area contributed by atoms with E-state index >= 15 is 0 Å². The van der Waals surface area contributed by atoms with Gasteiger partial charge in [-0.15, -0.1) is 0 Å². The predicted molar refractivity (Wildman–Crippen MR) is 84.6 cm³/mol. The van der Waals surface area contributed by atoms with Gasteiger partial charge in [0.25, 0.3) is 10.0 Å². The average molecular weight is 307 g/mol. The van der Waals surface area contributed by atoms with Crippen LogP contribution in [-0.2, 0) is 23.1 Å². The minimum absolute atomic E-state index is 0.250. The molecule has 0 saturated carbocycles. The fraction of sp³-hybridized carbons (Fsp3) is 0.333. The minimum atomic E-state index is -3.59. The molecule has 6 heteroatoms. The van der Waals surface area contributed by atoms with Crippen LogP contribution in [0.2, 0.25) is 0 Å². The summed E-state index contributed by atoms with van der Waals surface area (Å²) in [6.07, 6.45) is 2.57. The topological polar surface area (TPSA) is 77.1 Å². The number of hydrogen-bond donors (Lipinski definition) is 2. The lowest BCUT2D eigenvalue weighted by Gasteiger charge is -2.09. The van der Waals surface area contributed by atoms with E-state index in [4.69, 9.17) is 5.73 Å². The van der Waals surface area contributed by atoms with Gasteiger partial charge < -0.3 is 10.3 Å². The molecule has 0 aliphatic heterocycles. The summed E-state index contributed by atoms with van der Waals surface area (Å²) in [5.74, 6) is 0. The van der Waals surface area contributed by atoms with Crippen molar-refractivity contribution in [2.45, 2.75) is 38.3 Å². The van der Waals surface area contributed by atoms with E-state index in [-0.39, 0.29) is 4.90 Å². The fourth-order valence-electron chi connectivity index (χ4n) is 2.18. The number of benzene rings is 1. The average Bonchev–Trinajstić information content (AvgIpc) is 2.86. The summed E-state index contributed by atoms with van der Waals surface area (Å²) in [4.78, 5) is 0.250. The first-order valence-electron chi connectivity index (χ1n) is 6.95. The maximum absolute atomic E-state index is 12.5. The molecule has 21 heavy (non-hydrogen) atoms. The Kier molecular flexibility index (Phi) is 4.69. The van der Waals surface area contributed by atoms with E-state index in [1.807, 2.05) is 30.5 Å². The maximum atomic E-state index is 12.5. The summed E-state index contributed by atoms with van der Waals surface area (Å²) in [5, 5.41) is 0. The van der Waals surface area contributed by atoms with Gasteiger partial charge in [-0.3, -0.25) is 4.72 Å². The van der Waals surface area contributed by atoms with Gasteiger partial charge in [0, 0.05) is 25.0 Å². The molecule has 0 atom stereocenters. The van der Waals surface area contributed by atoms with Crippen molar-refractivity contribution in [2.75, 3.05) is 4.72 Å². The van der Waals surface area contributed by atoms with Crippen molar-refractivity contribution >= 4 is 15.7 Å². The van der Waals surface area contributed by atoms with E-state index in [0.717, 1.165) is 24.2 Å². The number of nitrogens with zero attached hydrogens (tertiary/aromatic N) is 1. The van der Waals surface area contributed by atoms with Crippen LogP contribution in [0.1, 0.15) is 24.6 Å². The lowest BCUT2D eigenvalue weighted by Crippen LogP contribution is -2.13. The highest BCUT2D eigenvalue weighted by Gasteiger charge is 2.18. The first kappa shape index (κ1) is 15.6. The minimum Gasteiger partial charge on any atom is -0.349 e. The highest BCUT2D eigenvalue weighted by atomic mass is 32.2. The molecule has 0 aliphatic carbocycles. The molecule has 114 valence electrons. The Morgan fingerprint density at radius 1 is 1.29 bits per heavy atom. The number of rotatable bonds is 6. The molecule has 0 bridgehead atoms. The van der Waals surface area contributed by atoms with Crippen LogP contribution in [0, 0.1) is 6.92 Å². The molecule has 0 fully saturated rings. The van der Waals surface area contributed by atoms with E-state index in [1.165, 1.54) is 0 Å². The zero-order valence-electron chi connectivity index (χ0n) is 12.3. The Bertz CT molecular complexity index is 720. The standard InChI is InChI=1S/C15H21N3O2S/c1-3-8-18-11-14(9-13(18)10-16)21(19,20)17-15-7-5-4-6-12(15)2/h4-7,9,11,17H,3,8,10,16H2,1-2H3. The van der Waals surface area contributed by atoms with Gasteiger partial charge in [-0.1, -0.05) is 25.1 Å². The molecule has 0 aliphatic rings. The van der Waals surface area contributed by atoms with Crippen LogP contribution in [0.4, 0.5) is 5.69 Å². The summed E-state index contributed by atoms with van der Waals surface area (Å²) in [5.41, 5.74) is 7.97. The third-order valence-corrected chi connectivity index (χ3v) is 4.67. The first-order chi connectivity index (χ1) is 9.97. The number of sulfonamides is 1. The summed E-state index contributed by atoms with van der Waals surface area (Å²) < 4.78 is 29.5. The monoisotopic (exact) mass is 307 g/mol. The highest BCUT2D eigenvalue weighted by molar-refractivity contribution is 7.92. The van der Waals surface area contributed by atoms with E-state index in [9.17, 15) is 8.42 Å². The van der Waals surface area contributed by atoms with Crippen molar-refractivity contribution in [3.05, 3.63) is 47.8 Å². The largest absolute Gasteiger partial charge is 0.349 e. The molecule has 5 nitrogen and oxygen atoms in total. The van der Waals surface area contributed by atoms with Crippen molar-refractivity contribution in [3.8, 4) is 0 Å². The highest BCUT2D eigenvalue weighted by Crippen LogP contribution is 2.21. The van der Waals surface area contributed by atoms with Crippen LogP contribution in [0.25, 0.3) is 0 Å². The number of anilines is 1.